The first kappa shape index (κ1) is 113. The van der Waals surface area contributed by atoms with Crippen LogP contribution >= 0.6 is 0 Å². The van der Waals surface area contributed by atoms with Crippen LogP contribution in [0.3, 0.4) is 0 Å². The number of carbonyl (C=O) groups excluding carboxylic acids is 2. The number of hydrogen-bond donors (Lipinski definition) is 0. The number of hydrogen-bond acceptors (Lipinski definition) is 8. The van der Waals surface area contributed by atoms with Crippen LogP contribution in [-0.2, 0) is 50.3 Å². The Hall–Kier alpha value is -9.66. The summed E-state index contributed by atoms with van der Waals surface area (Å²) in [5, 5.41) is 0. The van der Waals surface area contributed by atoms with Gasteiger partial charge in [-0.25, -0.2) is 0 Å². The van der Waals surface area contributed by atoms with Crippen molar-refractivity contribution >= 4 is 11.9 Å². The lowest BCUT2D eigenvalue weighted by molar-refractivity contribution is -0.145. The summed E-state index contributed by atoms with van der Waals surface area (Å²) in [7, 11) is 3.32. The minimum Gasteiger partial charge on any atom is -0.497 e. The maximum atomic E-state index is 10.7. The van der Waals surface area contributed by atoms with Crippen LogP contribution in [0.4, 0.5) is 0 Å². The van der Waals surface area contributed by atoms with Gasteiger partial charge < -0.3 is 28.4 Å². The number of para-hydroxylation sites is 4. The molecule has 0 aliphatic heterocycles. The summed E-state index contributed by atoms with van der Waals surface area (Å²) in [4.78, 5) is 21.4. The van der Waals surface area contributed by atoms with E-state index in [0.29, 0.717) is 32.7 Å². The largest absolute Gasteiger partial charge is 0.497 e. The van der Waals surface area contributed by atoms with Crippen molar-refractivity contribution in [1.29, 1.82) is 0 Å². The molecule has 0 fully saturated rings. The Labute approximate surface area is 669 Å². The molecule has 10 aromatic rings. The maximum Gasteiger partial charge on any atom is 0.305 e. The van der Waals surface area contributed by atoms with Gasteiger partial charge in [-0.05, 0) is 151 Å². The molecule has 604 valence electrons. The van der Waals surface area contributed by atoms with Crippen LogP contribution in [0.25, 0.3) is 11.1 Å². The molecule has 0 N–H and O–H groups in total. The number of ether oxygens (including phenoxy) is 6. The van der Waals surface area contributed by atoms with E-state index in [1.807, 2.05) is 223 Å². The highest BCUT2D eigenvalue weighted by atomic mass is 16.5. The number of unbranched alkanes of at least 4 members (excludes halogenated alkanes) is 1. The third-order valence-electron chi connectivity index (χ3n) is 14.4. The molecular formula is C101H152O8. The summed E-state index contributed by atoms with van der Waals surface area (Å²) in [6.07, 6.45) is 5.57. The lowest BCUT2D eigenvalue weighted by Gasteiger charge is -2.26. The van der Waals surface area contributed by atoms with E-state index in [0.717, 1.165) is 61.7 Å². The molecule has 0 heterocycles. The number of methoxy groups -OCH3 is 2. The molecule has 109 heavy (non-hydrogen) atoms. The van der Waals surface area contributed by atoms with Gasteiger partial charge in [-0.2, -0.15) is 0 Å². The first-order valence-corrected chi connectivity index (χ1v) is 38.5. The van der Waals surface area contributed by atoms with E-state index < -0.39 is 0 Å². The summed E-state index contributed by atoms with van der Waals surface area (Å²) >= 11 is 0. The van der Waals surface area contributed by atoms with Crippen molar-refractivity contribution in [2.45, 2.75) is 232 Å². The minimum atomic E-state index is -0.185. The lowest BCUT2D eigenvalue weighted by atomic mass is 9.78. The van der Waals surface area contributed by atoms with E-state index in [-0.39, 0.29) is 47.1 Å². The Bertz CT molecular complexity index is 3380. The maximum absolute atomic E-state index is 10.7. The fourth-order valence-corrected chi connectivity index (χ4v) is 9.34. The van der Waals surface area contributed by atoms with Crippen molar-refractivity contribution in [2.24, 2.45) is 0 Å². The Kier molecular flexibility index (Phi) is 80.6. The average molecular weight is 1490 g/mol. The van der Waals surface area contributed by atoms with Crippen molar-refractivity contribution in [3.63, 3.8) is 0 Å². The SMILES string of the molecule is C.C.C.C.CC.CC.CC.CC.CC.CC.CC(C)(c1ccccc1)c1cccc(COc2ccccc2)c1.CCC(=O)OCCCCOC(=O)CC.CCOc1ccccc1.CCc1cc(C)cc(Cc2cc(C)cc(CC)c2)c1.COc1ccccc1.COc1ccccc1.c1ccc(-c2ccccc2)cc1. The lowest BCUT2D eigenvalue weighted by Crippen LogP contribution is -2.19. The van der Waals surface area contributed by atoms with Crippen LogP contribution in [-0.4, -0.2) is 46.0 Å². The fourth-order valence-electron chi connectivity index (χ4n) is 9.34. The Morgan fingerprint density at radius 1 is 0.321 bits per heavy atom. The molecule has 10 rings (SSSR count). The highest BCUT2D eigenvalue weighted by molar-refractivity contribution is 5.69. The molecule has 0 atom stereocenters. The summed E-state index contributed by atoms with van der Waals surface area (Å²) in [6, 6.07) is 93.1. The van der Waals surface area contributed by atoms with E-state index in [1.165, 1.54) is 61.2 Å². The molecule has 0 bridgehead atoms. The molecule has 10 aromatic carbocycles. The van der Waals surface area contributed by atoms with E-state index >= 15 is 0 Å². The third kappa shape index (κ3) is 54.6. The van der Waals surface area contributed by atoms with E-state index in [4.69, 9.17) is 28.4 Å². The number of rotatable bonds is 21. The standard InChI is InChI=1S/C22H22O.C19H24.C12H10.C10H18O4.C8H10O.2C7H8O.6C2H6.4CH4/c1-22(2,19-11-5-3-6-12-19)20-13-9-10-18(16-20)17-23-21-14-7-4-8-15-21;1-5-16-7-14(3)9-18(11-16)13-19-10-15(4)8-17(6-2)12-19;1-3-7-11(8-4-1)12-9-5-2-6-10-12;1-3-9(11)13-7-5-6-8-14-10(12)4-2;1-2-9-8-6-4-3-5-7-8;2*1-8-7-5-3-2-4-6-7;6*1-2;;;;/h3-16H,17H2,1-2H3;7-12H,5-6,13H2,1-4H3;1-10H;3-8H2,1-2H3;3-7H,2H2,1H3;2*2-6H,1H3;6*1-2H3;4*1H4. The molecule has 0 aliphatic rings. The van der Waals surface area contributed by atoms with Gasteiger partial charge in [0.25, 0.3) is 0 Å². The molecule has 8 nitrogen and oxygen atoms in total. The third-order valence-corrected chi connectivity index (χ3v) is 14.4. The van der Waals surface area contributed by atoms with Crippen LogP contribution in [0.1, 0.15) is 237 Å². The van der Waals surface area contributed by atoms with Gasteiger partial charge in [0.1, 0.15) is 29.6 Å². The Morgan fingerprint density at radius 3 is 0.917 bits per heavy atom. The number of esters is 2. The Morgan fingerprint density at radius 2 is 0.615 bits per heavy atom. The predicted octanol–water partition coefficient (Wildman–Crippen LogP) is 29.8. The normalized spacial score (nSPS) is 8.87. The minimum absolute atomic E-state index is 0. The number of aryl methyl sites for hydroxylation is 4. The average Bonchev–Trinajstić information content (AvgIpc) is 0.804. The van der Waals surface area contributed by atoms with Crippen LogP contribution in [0, 0.1) is 13.8 Å². The molecule has 0 aromatic heterocycles. The monoisotopic (exact) mass is 1490 g/mol. The van der Waals surface area contributed by atoms with Crippen molar-refractivity contribution in [1.82, 2.24) is 0 Å². The molecule has 0 amide bonds. The van der Waals surface area contributed by atoms with Crippen molar-refractivity contribution in [2.75, 3.05) is 34.0 Å². The molecule has 0 saturated carbocycles. The molecule has 0 saturated heterocycles. The van der Waals surface area contributed by atoms with Gasteiger partial charge in [-0.15, -0.1) is 0 Å². The van der Waals surface area contributed by atoms with Gasteiger partial charge in [-0.3, -0.25) is 9.59 Å². The van der Waals surface area contributed by atoms with Gasteiger partial charge in [-0.1, -0.05) is 390 Å². The molecule has 0 unspecified atom stereocenters. The summed E-state index contributed by atoms with van der Waals surface area (Å²) in [6.45, 7) is 45.0. The van der Waals surface area contributed by atoms with Gasteiger partial charge in [0, 0.05) is 18.3 Å². The second-order valence-corrected chi connectivity index (χ2v) is 22.2. The molecular weight excluding hydrogens is 1340 g/mol. The summed E-state index contributed by atoms with van der Waals surface area (Å²) in [5.41, 5.74) is 14.8. The van der Waals surface area contributed by atoms with Gasteiger partial charge in [0.05, 0.1) is 34.0 Å². The van der Waals surface area contributed by atoms with Crippen molar-refractivity contribution < 1.29 is 38.0 Å². The molecule has 0 radical (unpaired) electrons. The molecule has 0 aliphatic carbocycles. The smallest absolute Gasteiger partial charge is 0.305 e. The summed E-state index contributed by atoms with van der Waals surface area (Å²) < 4.78 is 30.6. The topological polar surface area (TPSA) is 89.5 Å². The predicted molar refractivity (Wildman–Crippen MR) is 482 cm³/mol. The molecule has 8 heteroatoms. The van der Waals surface area contributed by atoms with Gasteiger partial charge >= 0.3 is 11.9 Å². The van der Waals surface area contributed by atoms with Gasteiger partial charge in [0.2, 0.25) is 0 Å². The first-order valence-electron chi connectivity index (χ1n) is 38.5. The summed E-state index contributed by atoms with van der Waals surface area (Å²) in [5.74, 6) is 3.30. The second kappa shape index (κ2) is 77.9. The van der Waals surface area contributed by atoms with Crippen molar-refractivity contribution in [3.05, 3.63) is 323 Å². The second-order valence-electron chi connectivity index (χ2n) is 22.2. The van der Waals surface area contributed by atoms with E-state index in [9.17, 15) is 9.59 Å². The first-order chi connectivity index (χ1) is 51.2. The zero-order valence-electron chi connectivity index (χ0n) is 69.0. The van der Waals surface area contributed by atoms with Crippen LogP contribution in [0.5, 0.6) is 23.0 Å². The number of carbonyl (C=O) groups is 2. The highest BCUT2D eigenvalue weighted by Gasteiger charge is 2.23. The Balaban J connectivity index is -0.000000222. The fraction of sp³-hybridized carbons (Fsp3) is 0.386. The zero-order valence-corrected chi connectivity index (χ0v) is 69.0. The van der Waals surface area contributed by atoms with Crippen molar-refractivity contribution in [3.8, 4) is 34.1 Å². The van der Waals surface area contributed by atoms with Crippen LogP contribution in [0.2, 0.25) is 0 Å². The zero-order chi connectivity index (χ0) is 79.2. The van der Waals surface area contributed by atoms with E-state index in [2.05, 4.69) is 181 Å². The van der Waals surface area contributed by atoms with Crippen LogP contribution in [0.15, 0.2) is 273 Å². The quantitative estimate of drug-likeness (QED) is 0.0519. The number of benzene rings is 10. The van der Waals surface area contributed by atoms with Gasteiger partial charge in [0.15, 0.2) is 0 Å². The van der Waals surface area contributed by atoms with Crippen LogP contribution < -0.4 is 18.9 Å². The van der Waals surface area contributed by atoms with E-state index in [1.54, 1.807) is 28.1 Å². The highest BCUT2D eigenvalue weighted by Crippen LogP contribution is 2.32. The molecule has 0 spiro atoms.